The van der Waals surface area contributed by atoms with Gasteiger partial charge in [-0.3, -0.25) is 5.10 Å². The normalized spacial score (nSPS) is 22.0. The molecule has 1 atom stereocenters. The Hall–Kier alpha value is -1.42. The van der Waals surface area contributed by atoms with Crippen molar-refractivity contribution in [1.82, 2.24) is 14.8 Å². The van der Waals surface area contributed by atoms with Crippen molar-refractivity contribution < 1.29 is 0 Å². The second kappa shape index (κ2) is 3.29. The van der Waals surface area contributed by atoms with Crippen molar-refractivity contribution in [3.05, 3.63) is 46.0 Å². The van der Waals surface area contributed by atoms with Crippen LogP contribution in [-0.4, -0.2) is 14.8 Å². The molecule has 4 rings (SSSR count). The molecule has 86 valence electrons. The second-order valence-electron chi connectivity index (χ2n) is 4.94. The average Bonchev–Trinajstić information content (AvgIpc) is 3.06. The van der Waals surface area contributed by atoms with Crippen LogP contribution in [0, 0.1) is 4.77 Å². The van der Waals surface area contributed by atoms with Crippen LogP contribution >= 0.6 is 12.2 Å². The van der Waals surface area contributed by atoms with E-state index in [1.165, 1.54) is 24.0 Å². The zero-order valence-electron chi connectivity index (χ0n) is 9.39. The standard InChI is InChI=1S/C13H13N3S/c17-13-15-14-12(16(13)9-5-6-9)11-7-8-3-1-2-4-10(8)11/h1-4,9,11H,5-7H2,(H,15,17). The molecular weight excluding hydrogens is 230 g/mol. The van der Waals surface area contributed by atoms with E-state index in [0.717, 1.165) is 17.0 Å². The molecule has 0 amide bonds. The summed E-state index contributed by atoms with van der Waals surface area (Å²) in [7, 11) is 0. The molecule has 1 aromatic heterocycles. The molecule has 2 aliphatic rings. The molecule has 0 spiro atoms. The third-order valence-corrected chi connectivity index (χ3v) is 4.10. The van der Waals surface area contributed by atoms with E-state index in [1.807, 2.05) is 0 Å². The van der Waals surface area contributed by atoms with E-state index < -0.39 is 0 Å². The fourth-order valence-electron chi connectivity index (χ4n) is 2.74. The minimum Gasteiger partial charge on any atom is -0.301 e. The van der Waals surface area contributed by atoms with E-state index in [1.54, 1.807) is 0 Å². The summed E-state index contributed by atoms with van der Waals surface area (Å²) >= 11 is 5.32. The molecule has 1 N–H and O–H groups in total. The second-order valence-corrected chi connectivity index (χ2v) is 5.33. The van der Waals surface area contributed by atoms with Crippen molar-refractivity contribution in [3.8, 4) is 0 Å². The number of hydrogen-bond donors (Lipinski definition) is 1. The Balaban J connectivity index is 1.80. The van der Waals surface area contributed by atoms with Gasteiger partial charge in [0.15, 0.2) is 4.77 Å². The average molecular weight is 243 g/mol. The lowest BCUT2D eigenvalue weighted by molar-refractivity contribution is 0.587. The predicted molar refractivity (Wildman–Crippen MR) is 67.7 cm³/mol. The lowest BCUT2D eigenvalue weighted by Gasteiger charge is -2.29. The summed E-state index contributed by atoms with van der Waals surface area (Å²) in [6, 6.07) is 9.22. The van der Waals surface area contributed by atoms with Gasteiger partial charge in [-0.2, -0.15) is 5.10 Å². The number of aromatic nitrogens is 3. The SMILES string of the molecule is S=c1[nH]nc(C2Cc3ccccc32)n1C1CC1. The van der Waals surface area contributed by atoms with Crippen LogP contribution in [0.3, 0.4) is 0 Å². The van der Waals surface area contributed by atoms with Gasteiger partial charge in [-0.15, -0.1) is 0 Å². The van der Waals surface area contributed by atoms with Gasteiger partial charge in [0.1, 0.15) is 5.82 Å². The molecule has 0 bridgehead atoms. The highest BCUT2D eigenvalue weighted by atomic mass is 32.1. The number of H-pyrrole nitrogens is 1. The summed E-state index contributed by atoms with van der Waals surface area (Å²) in [6.07, 6.45) is 3.59. The van der Waals surface area contributed by atoms with Crippen molar-refractivity contribution in [3.63, 3.8) is 0 Å². The van der Waals surface area contributed by atoms with Crippen LogP contribution < -0.4 is 0 Å². The Morgan fingerprint density at radius 1 is 1.29 bits per heavy atom. The highest BCUT2D eigenvalue weighted by Gasteiger charge is 2.35. The van der Waals surface area contributed by atoms with E-state index in [0.29, 0.717) is 12.0 Å². The summed E-state index contributed by atoms with van der Waals surface area (Å²) in [6.45, 7) is 0. The van der Waals surface area contributed by atoms with Crippen LogP contribution in [-0.2, 0) is 6.42 Å². The highest BCUT2D eigenvalue weighted by molar-refractivity contribution is 7.71. The number of aromatic amines is 1. The molecule has 0 aliphatic heterocycles. The molecule has 1 saturated carbocycles. The number of hydrogen-bond acceptors (Lipinski definition) is 2. The van der Waals surface area contributed by atoms with E-state index in [4.69, 9.17) is 12.2 Å². The number of rotatable bonds is 2. The molecule has 1 fully saturated rings. The molecule has 0 radical (unpaired) electrons. The van der Waals surface area contributed by atoms with Crippen LogP contribution in [0.2, 0.25) is 0 Å². The Labute approximate surface area is 104 Å². The van der Waals surface area contributed by atoms with Crippen molar-refractivity contribution in [2.45, 2.75) is 31.2 Å². The first-order chi connectivity index (χ1) is 8.34. The first-order valence-corrected chi connectivity index (χ1v) is 6.50. The summed E-state index contributed by atoms with van der Waals surface area (Å²) < 4.78 is 3.02. The smallest absolute Gasteiger partial charge is 0.195 e. The van der Waals surface area contributed by atoms with Crippen molar-refractivity contribution in [1.29, 1.82) is 0 Å². The molecule has 1 aromatic carbocycles. The maximum atomic E-state index is 5.32. The van der Waals surface area contributed by atoms with Gasteiger partial charge in [-0.25, -0.2) is 0 Å². The number of nitrogens with zero attached hydrogens (tertiary/aromatic N) is 2. The molecule has 1 heterocycles. The monoisotopic (exact) mass is 243 g/mol. The third-order valence-electron chi connectivity index (χ3n) is 3.81. The Morgan fingerprint density at radius 2 is 2.12 bits per heavy atom. The van der Waals surface area contributed by atoms with Crippen LogP contribution in [0.5, 0.6) is 0 Å². The quantitative estimate of drug-likeness (QED) is 0.823. The zero-order valence-corrected chi connectivity index (χ0v) is 10.2. The number of fused-ring (bicyclic) bond motifs is 1. The Kier molecular flexibility index (Phi) is 1.86. The van der Waals surface area contributed by atoms with Crippen LogP contribution in [0.1, 0.15) is 41.8 Å². The van der Waals surface area contributed by atoms with Crippen LogP contribution in [0.15, 0.2) is 24.3 Å². The van der Waals surface area contributed by atoms with Gasteiger partial charge in [-0.1, -0.05) is 24.3 Å². The van der Waals surface area contributed by atoms with E-state index in [2.05, 4.69) is 39.0 Å². The summed E-state index contributed by atoms with van der Waals surface area (Å²) in [5.74, 6) is 1.58. The molecule has 0 saturated heterocycles. The molecule has 4 heteroatoms. The molecule has 2 aromatic rings. The molecule has 1 unspecified atom stereocenters. The minimum atomic E-state index is 0.444. The molecule has 2 aliphatic carbocycles. The van der Waals surface area contributed by atoms with Gasteiger partial charge in [0.2, 0.25) is 0 Å². The van der Waals surface area contributed by atoms with Gasteiger partial charge in [0.05, 0.1) is 0 Å². The molecule has 3 nitrogen and oxygen atoms in total. The van der Waals surface area contributed by atoms with Gasteiger partial charge < -0.3 is 4.57 Å². The topological polar surface area (TPSA) is 33.6 Å². The first kappa shape index (κ1) is 9.59. The van der Waals surface area contributed by atoms with Crippen molar-refractivity contribution in [2.75, 3.05) is 0 Å². The van der Waals surface area contributed by atoms with E-state index >= 15 is 0 Å². The van der Waals surface area contributed by atoms with Gasteiger partial charge in [-0.05, 0) is 42.6 Å². The fourth-order valence-corrected chi connectivity index (χ4v) is 3.03. The van der Waals surface area contributed by atoms with Crippen molar-refractivity contribution in [2.24, 2.45) is 0 Å². The van der Waals surface area contributed by atoms with E-state index in [9.17, 15) is 0 Å². The highest BCUT2D eigenvalue weighted by Crippen LogP contribution is 2.43. The Bertz CT molecular complexity index is 636. The summed E-state index contributed by atoms with van der Waals surface area (Å²) in [5, 5.41) is 7.40. The van der Waals surface area contributed by atoms with E-state index in [-0.39, 0.29) is 0 Å². The third kappa shape index (κ3) is 1.33. The lowest BCUT2D eigenvalue weighted by Crippen LogP contribution is -2.21. The fraction of sp³-hybridized carbons (Fsp3) is 0.385. The zero-order chi connectivity index (χ0) is 11.4. The van der Waals surface area contributed by atoms with Crippen LogP contribution in [0.4, 0.5) is 0 Å². The number of nitrogens with one attached hydrogen (secondary N) is 1. The Morgan fingerprint density at radius 3 is 2.88 bits per heavy atom. The molecular formula is C13H13N3S. The maximum absolute atomic E-state index is 5.32. The molecule has 17 heavy (non-hydrogen) atoms. The minimum absolute atomic E-state index is 0.444. The number of benzene rings is 1. The maximum Gasteiger partial charge on any atom is 0.195 e. The predicted octanol–water partition coefficient (Wildman–Crippen LogP) is 2.96. The largest absolute Gasteiger partial charge is 0.301 e. The summed E-state index contributed by atoms with van der Waals surface area (Å²) in [4.78, 5) is 0. The lowest BCUT2D eigenvalue weighted by atomic mass is 9.77. The first-order valence-electron chi connectivity index (χ1n) is 6.09. The summed E-state index contributed by atoms with van der Waals surface area (Å²) in [5.41, 5.74) is 2.87. The van der Waals surface area contributed by atoms with Crippen molar-refractivity contribution >= 4 is 12.2 Å². The van der Waals surface area contributed by atoms with Gasteiger partial charge >= 0.3 is 0 Å². The van der Waals surface area contributed by atoms with Gasteiger partial charge in [0.25, 0.3) is 0 Å². The van der Waals surface area contributed by atoms with Crippen LogP contribution in [0.25, 0.3) is 0 Å². The van der Waals surface area contributed by atoms with Gasteiger partial charge in [0, 0.05) is 12.0 Å².